The molecule has 11 heteroatoms. The molecule has 11 nitrogen and oxygen atoms in total. The van der Waals surface area contributed by atoms with Crippen LogP contribution in [-0.2, 0) is 23.7 Å². The predicted molar refractivity (Wildman–Crippen MR) is 218 cm³/mol. The maximum atomic E-state index is 14.0. The van der Waals surface area contributed by atoms with Crippen LogP contribution in [0.2, 0.25) is 0 Å². The second kappa shape index (κ2) is 19.7. The van der Waals surface area contributed by atoms with E-state index < -0.39 is 61.2 Å². The van der Waals surface area contributed by atoms with Crippen molar-refractivity contribution in [1.29, 1.82) is 0 Å². The summed E-state index contributed by atoms with van der Waals surface area (Å²) in [6.45, 7) is -0.502. The zero-order valence-corrected chi connectivity index (χ0v) is 32.3. The third-order valence-corrected chi connectivity index (χ3v) is 9.30. The van der Waals surface area contributed by atoms with Crippen molar-refractivity contribution in [3.8, 4) is 23.3 Å². The monoisotopic (exact) mass is 802 g/mol. The van der Waals surface area contributed by atoms with E-state index >= 15 is 0 Å². The number of benzene rings is 6. The van der Waals surface area contributed by atoms with Crippen molar-refractivity contribution in [1.82, 2.24) is 0 Å². The number of methoxy groups -OCH3 is 1. The summed E-state index contributed by atoms with van der Waals surface area (Å²) < 4.78 is 42.5. The molecule has 0 aliphatic carbocycles. The zero-order valence-electron chi connectivity index (χ0n) is 32.3. The minimum atomic E-state index is -1.59. The Kier molecular flexibility index (Phi) is 13.3. The van der Waals surface area contributed by atoms with E-state index in [1.807, 2.05) is 12.1 Å². The minimum absolute atomic E-state index is 0.161. The number of para-hydroxylation sites is 1. The van der Waals surface area contributed by atoms with E-state index in [-0.39, 0.29) is 28.0 Å². The SMILES string of the molecule is COc1ccc(C#Cc2ccccc2O[C@@H]2O[C@H](COC(=O)c3ccccc3)[C@@H](OC(=O)c3ccccc3)[C@H](OC(=O)c3ccccc3)[C@H]2OC(=O)c2ccccc2)cc1. The summed E-state index contributed by atoms with van der Waals surface area (Å²) in [4.78, 5) is 55.0. The first-order valence-corrected chi connectivity index (χ1v) is 18.9. The highest BCUT2D eigenvalue weighted by Gasteiger charge is 2.54. The van der Waals surface area contributed by atoms with Gasteiger partial charge in [-0.15, -0.1) is 0 Å². The Morgan fingerprint density at radius 1 is 0.500 bits per heavy atom. The number of carbonyl (C=O) groups excluding carboxylic acids is 4. The van der Waals surface area contributed by atoms with E-state index in [0.717, 1.165) is 0 Å². The van der Waals surface area contributed by atoms with E-state index in [9.17, 15) is 19.2 Å². The van der Waals surface area contributed by atoms with Gasteiger partial charge in [0.2, 0.25) is 12.4 Å². The molecule has 0 radical (unpaired) electrons. The van der Waals surface area contributed by atoms with Gasteiger partial charge in [-0.05, 0) is 84.9 Å². The quantitative estimate of drug-likeness (QED) is 0.0684. The van der Waals surface area contributed by atoms with Crippen LogP contribution < -0.4 is 9.47 Å². The Morgan fingerprint density at radius 2 is 0.950 bits per heavy atom. The standard InChI is InChI=1S/C49H38O11/c1-54-39-30-27-33(28-31-39)26-29-34-16-14-15-25-40(34)56-49-44(60-48(53)38-23-12-5-13-24-38)43(59-47(52)37-21-10-4-11-22-37)42(58-46(51)36-19-8-3-9-20-36)41(57-49)32-55-45(50)35-17-6-2-7-18-35/h2-25,27-28,30-31,41-44,49H,32H2,1H3/t41-,42-,43+,44-,49-/m1/s1. The van der Waals surface area contributed by atoms with Gasteiger partial charge in [0.15, 0.2) is 12.2 Å². The number of esters is 4. The minimum Gasteiger partial charge on any atom is -0.497 e. The Morgan fingerprint density at radius 3 is 1.47 bits per heavy atom. The predicted octanol–water partition coefficient (Wildman–Crippen LogP) is 7.73. The molecule has 60 heavy (non-hydrogen) atoms. The second-order valence-corrected chi connectivity index (χ2v) is 13.3. The van der Waals surface area contributed by atoms with Gasteiger partial charge in [0, 0.05) is 5.56 Å². The van der Waals surface area contributed by atoms with E-state index in [0.29, 0.717) is 16.9 Å². The molecule has 1 aliphatic rings. The first kappa shape index (κ1) is 40.5. The fraction of sp³-hybridized carbons (Fsp3) is 0.143. The van der Waals surface area contributed by atoms with Crippen LogP contribution in [0.25, 0.3) is 0 Å². The van der Waals surface area contributed by atoms with Crippen LogP contribution in [0, 0.1) is 11.8 Å². The van der Waals surface area contributed by atoms with Crippen LogP contribution in [0.5, 0.6) is 11.5 Å². The van der Waals surface area contributed by atoms with Crippen molar-refractivity contribution in [3.05, 3.63) is 203 Å². The highest BCUT2D eigenvalue weighted by molar-refractivity contribution is 5.91. The fourth-order valence-corrected chi connectivity index (χ4v) is 6.23. The van der Waals surface area contributed by atoms with Crippen molar-refractivity contribution in [2.75, 3.05) is 13.7 Å². The molecule has 0 unspecified atom stereocenters. The summed E-state index contributed by atoms with van der Waals surface area (Å²) in [6, 6.07) is 46.8. The molecule has 0 bridgehead atoms. The lowest BCUT2D eigenvalue weighted by atomic mass is 9.97. The smallest absolute Gasteiger partial charge is 0.338 e. The molecule has 0 N–H and O–H groups in total. The normalized spacial score (nSPS) is 18.1. The molecule has 6 aromatic carbocycles. The highest BCUT2D eigenvalue weighted by atomic mass is 16.7. The third kappa shape index (κ3) is 10.2. The summed E-state index contributed by atoms with van der Waals surface area (Å²) in [7, 11) is 1.58. The highest BCUT2D eigenvalue weighted by Crippen LogP contribution is 2.33. The Labute approximate surface area is 346 Å². The number of rotatable bonds is 12. The van der Waals surface area contributed by atoms with E-state index in [4.69, 9.17) is 33.2 Å². The summed E-state index contributed by atoms with van der Waals surface area (Å²) in [5, 5.41) is 0. The van der Waals surface area contributed by atoms with Crippen molar-refractivity contribution in [2.45, 2.75) is 30.7 Å². The summed E-state index contributed by atoms with van der Waals surface area (Å²) in [5.74, 6) is 3.99. The van der Waals surface area contributed by atoms with Gasteiger partial charge in [-0.3, -0.25) is 0 Å². The lowest BCUT2D eigenvalue weighted by Gasteiger charge is -2.44. The van der Waals surface area contributed by atoms with Crippen molar-refractivity contribution in [2.24, 2.45) is 0 Å². The number of hydrogen-bond donors (Lipinski definition) is 0. The zero-order chi connectivity index (χ0) is 41.7. The van der Waals surface area contributed by atoms with Gasteiger partial charge < -0.3 is 33.2 Å². The van der Waals surface area contributed by atoms with E-state index in [2.05, 4.69) is 11.8 Å². The molecule has 0 saturated carbocycles. The van der Waals surface area contributed by atoms with Gasteiger partial charge in [-0.1, -0.05) is 96.8 Å². The lowest BCUT2D eigenvalue weighted by Crippen LogP contribution is -2.64. The Hall–Kier alpha value is -7.68. The summed E-state index contributed by atoms with van der Waals surface area (Å²) in [5.41, 5.74) is 1.90. The van der Waals surface area contributed by atoms with Gasteiger partial charge in [0.25, 0.3) is 0 Å². The fourth-order valence-electron chi connectivity index (χ4n) is 6.23. The Bertz CT molecular complexity index is 2450. The van der Waals surface area contributed by atoms with Crippen molar-refractivity contribution < 1.29 is 52.3 Å². The summed E-state index contributed by atoms with van der Waals surface area (Å²) >= 11 is 0. The average Bonchev–Trinajstić information content (AvgIpc) is 3.31. The lowest BCUT2D eigenvalue weighted by molar-refractivity contribution is -0.275. The van der Waals surface area contributed by atoms with Crippen molar-refractivity contribution >= 4 is 23.9 Å². The van der Waals surface area contributed by atoms with E-state index in [1.165, 1.54) is 0 Å². The maximum Gasteiger partial charge on any atom is 0.338 e. The molecule has 0 aromatic heterocycles. The molecule has 1 aliphatic heterocycles. The molecule has 1 fully saturated rings. The van der Waals surface area contributed by atoms with Crippen LogP contribution in [0.4, 0.5) is 0 Å². The van der Waals surface area contributed by atoms with Gasteiger partial charge in [0.1, 0.15) is 24.2 Å². The second-order valence-electron chi connectivity index (χ2n) is 13.3. The van der Waals surface area contributed by atoms with E-state index in [1.54, 1.807) is 165 Å². The van der Waals surface area contributed by atoms with Gasteiger partial charge in [-0.25, -0.2) is 19.2 Å². The first-order valence-electron chi connectivity index (χ1n) is 18.9. The topological polar surface area (TPSA) is 133 Å². The van der Waals surface area contributed by atoms with Crippen LogP contribution in [0.1, 0.15) is 52.6 Å². The first-order chi connectivity index (χ1) is 29.4. The molecule has 6 aromatic rings. The molecule has 7 rings (SSSR count). The molecule has 1 heterocycles. The van der Waals surface area contributed by atoms with Crippen LogP contribution in [-0.4, -0.2) is 68.3 Å². The van der Waals surface area contributed by atoms with Gasteiger partial charge >= 0.3 is 23.9 Å². The van der Waals surface area contributed by atoms with Crippen molar-refractivity contribution in [3.63, 3.8) is 0 Å². The number of carbonyl (C=O) groups is 4. The third-order valence-electron chi connectivity index (χ3n) is 9.30. The van der Waals surface area contributed by atoms with Crippen LogP contribution >= 0.6 is 0 Å². The number of hydrogen-bond acceptors (Lipinski definition) is 11. The molecule has 0 spiro atoms. The molecular formula is C49H38O11. The largest absolute Gasteiger partial charge is 0.497 e. The van der Waals surface area contributed by atoms with Gasteiger partial charge in [0.05, 0.1) is 34.9 Å². The van der Waals surface area contributed by atoms with Crippen LogP contribution in [0.15, 0.2) is 170 Å². The van der Waals surface area contributed by atoms with Crippen LogP contribution in [0.3, 0.4) is 0 Å². The molecule has 300 valence electrons. The van der Waals surface area contributed by atoms with Gasteiger partial charge in [-0.2, -0.15) is 0 Å². The molecular weight excluding hydrogens is 765 g/mol. The molecule has 5 atom stereocenters. The molecule has 0 amide bonds. The summed E-state index contributed by atoms with van der Waals surface area (Å²) in [6.07, 6.45) is -7.58. The number of ether oxygens (including phenoxy) is 7. The average molecular weight is 803 g/mol. The Balaban J connectivity index is 1.31. The molecule has 1 saturated heterocycles. The maximum absolute atomic E-state index is 14.0.